The second-order valence-electron chi connectivity index (χ2n) is 3.74. The maximum Gasteiger partial charge on any atom is 0.222 e. The molecule has 0 aliphatic carbocycles. The molecule has 0 bridgehead atoms. The predicted molar refractivity (Wildman–Crippen MR) is 70.4 cm³/mol. The molecule has 0 saturated heterocycles. The third-order valence-corrected chi connectivity index (χ3v) is 2.98. The van der Waals surface area contributed by atoms with Gasteiger partial charge in [0.25, 0.3) is 0 Å². The second-order valence-corrected chi connectivity index (χ2v) is 4.59. The van der Waals surface area contributed by atoms with Crippen LogP contribution in [0.1, 0.15) is 18.2 Å². The summed E-state index contributed by atoms with van der Waals surface area (Å²) in [5.41, 5.74) is 2.15. The van der Waals surface area contributed by atoms with E-state index in [4.69, 9.17) is 4.74 Å². The quantitative estimate of drug-likeness (QED) is 0.860. The van der Waals surface area contributed by atoms with Gasteiger partial charge in [-0.1, -0.05) is 13.0 Å². The molecule has 88 valence electrons. The highest BCUT2D eigenvalue weighted by atomic mass is 79.9. The average Bonchev–Trinajstić information content (AvgIpc) is 2.33. The van der Waals surface area contributed by atoms with Crippen molar-refractivity contribution in [2.75, 3.05) is 0 Å². The Morgan fingerprint density at radius 1 is 1.24 bits per heavy atom. The van der Waals surface area contributed by atoms with E-state index in [-0.39, 0.29) is 0 Å². The van der Waals surface area contributed by atoms with E-state index in [1.165, 1.54) is 11.9 Å². The first-order valence-electron chi connectivity index (χ1n) is 5.44. The lowest BCUT2D eigenvalue weighted by atomic mass is 10.2. The zero-order valence-electron chi connectivity index (χ0n) is 9.77. The summed E-state index contributed by atoms with van der Waals surface area (Å²) in [5.74, 6) is 1.33. The molecule has 1 aromatic heterocycles. The van der Waals surface area contributed by atoms with Crippen LogP contribution in [0, 0.1) is 6.92 Å². The zero-order valence-corrected chi connectivity index (χ0v) is 11.4. The van der Waals surface area contributed by atoms with Crippen molar-refractivity contribution in [1.82, 2.24) is 9.97 Å². The molecular formula is C13H13BrN2O. The lowest BCUT2D eigenvalue weighted by molar-refractivity contribution is 0.457. The third-order valence-electron chi connectivity index (χ3n) is 2.36. The van der Waals surface area contributed by atoms with E-state index in [0.717, 1.165) is 22.3 Å². The van der Waals surface area contributed by atoms with Gasteiger partial charge >= 0.3 is 0 Å². The average molecular weight is 293 g/mol. The fourth-order valence-electron chi connectivity index (χ4n) is 1.43. The van der Waals surface area contributed by atoms with E-state index in [2.05, 4.69) is 25.9 Å². The van der Waals surface area contributed by atoms with Crippen LogP contribution in [0.25, 0.3) is 0 Å². The van der Waals surface area contributed by atoms with Crippen LogP contribution in [0.5, 0.6) is 11.6 Å². The number of rotatable bonds is 3. The van der Waals surface area contributed by atoms with Crippen molar-refractivity contribution in [1.29, 1.82) is 0 Å². The number of hydrogen-bond donors (Lipinski definition) is 0. The number of ether oxygens (including phenoxy) is 1. The first-order valence-corrected chi connectivity index (χ1v) is 6.23. The molecule has 0 N–H and O–H groups in total. The van der Waals surface area contributed by atoms with Crippen LogP contribution in [0.3, 0.4) is 0 Å². The fraction of sp³-hybridized carbons (Fsp3) is 0.231. The van der Waals surface area contributed by atoms with Crippen molar-refractivity contribution in [2.24, 2.45) is 0 Å². The molecule has 0 radical (unpaired) electrons. The lowest BCUT2D eigenvalue weighted by Gasteiger charge is -2.07. The summed E-state index contributed by atoms with van der Waals surface area (Å²) in [7, 11) is 0. The number of benzene rings is 1. The molecular weight excluding hydrogens is 280 g/mol. The highest BCUT2D eigenvalue weighted by Gasteiger charge is 2.04. The van der Waals surface area contributed by atoms with Crippen LogP contribution in [0.15, 0.2) is 35.1 Å². The Hall–Kier alpha value is -1.42. The summed E-state index contributed by atoms with van der Waals surface area (Å²) in [6, 6.07) is 7.79. The molecule has 3 nitrogen and oxygen atoms in total. The topological polar surface area (TPSA) is 35.0 Å². The molecule has 0 saturated carbocycles. The highest BCUT2D eigenvalue weighted by molar-refractivity contribution is 9.10. The van der Waals surface area contributed by atoms with E-state index >= 15 is 0 Å². The minimum Gasteiger partial charge on any atom is -0.438 e. The van der Waals surface area contributed by atoms with Gasteiger partial charge in [0, 0.05) is 11.8 Å². The van der Waals surface area contributed by atoms with E-state index in [0.29, 0.717) is 5.88 Å². The molecule has 0 atom stereocenters. The summed E-state index contributed by atoms with van der Waals surface area (Å²) in [6.07, 6.45) is 2.39. The molecule has 1 aromatic carbocycles. The Morgan fingerprint density at radius 2 is 2.06 bits per heavy atom. The van der Waals surface area contributed by atoms with Gasteiger partial charge in [-0.25, -0.2) is 9.97 Å². The maximum absolute atomic E-state index is 5.71. The van der Waals surface area contributed by atoms with E-state index in [1.807, 2.05) is 38.1 Å². The zero-order chi connectivity index (χ0) is 12.3. The molecule has 0 unspecified atom stereocenters. The van der Waals surface area contributed by atoms with Crippen molar-refractivity contribution in [3.05, 3.63) is 46.3 Å². The Bertz CT molecular complexity index is 529. The van der Waals surface area contributed by atoms with E-state index < -0.39 is 0 Å². The van der Waals surface area contributed by atoms with E-state index in [9.17, 15) is 0 Å². The summed E-state index contributed by atoms with van der Waals surface area (Å²) in [6.45, 7) is 4.09. The molecule has 17 heavy (non-hydrogen) atoms. The Balaban J connectivity index is 2.25. The number of nitrogens with zero attached hydrogens (tertiary/aromatic N) is 2. The van der Waals surface area contributed by atoms with Gasteiger partial charge in [-0.3, -0.25) is 0 Å². The molecule has 0 amide bonds. The summed E-state index contributed by atoms with van der Waals surface area (Å²) >= 11 is 3.47. The molecule has 4 heteroatoms. The summed E-state index contributed by atoms with van der Waals surface area (Å²) < 4.78 is 6.63. The van der Waals surface area contributed by atoms with Crippen LogP contribution >= 0.6 is 15.9 Å². The molecule has 2 aromatic rings. The third kappa shape index (κ3) is 3.03. The molecule has 0 fully saturated rings. The van der Waals surface area contributed by atoms with Gasteiger partial charge in [-0.05, 0) is 47.0 Å². The minimum atomic E-state index is 0.571. The Morgan fingerprint density at radius 3 is 2.76 bits per heavy atom. The first kappa shape index (κ1) is 12.0. The van der Waals surface area contributed by atoms with Crippen molar-refractivity contribution in [2.45, 2.75) is 20.3 Å². The van der Waals surface area contributed by atoms with Gasteiger partial charge in [0.1, 0.15) is 12.1 Å². The molecule has 0 aliphatic rings. The van der Waals surface area contributed by atoms with Crippen molar-refractivity contribution in [3.63, 3.8) is 0 Å². The van der Waals surface area contributed by atoms with Crippen LogP contribution < -0.4 is 4.74 Å². The molecule has 2 rings (SSSR count). The SMILES string of the molecule is CCc1cc(Oc2ccc(C)cc2Br)ncn1. The van der Waals surface area contributed by atoms with Gasteiger partial charge in [-0.15, -0.1) is 0 Å². The second kappa shape index (κ2) is 5.27. The van der Waals surface area contributed by atoms with Gasteiger partial charge < -0.3 is 4.74 Å². The van der Waals surface area contributed by atoms with Crippen LogP contribution in [-0.2, 0) is 6.42 Å². The largest absolute Gasteiger partial charge is 0.438 e. The highest BCUT2D eigenvalue weighted by Crippen LogP contribution is 2.29. The Kier molecular flexibility index (Phi) is 3.74. The number of aryl methyl sites for hydroxylation is 2. The number of aromatic nitrogens is 2. The van der Waals surface area contributed by atoms with Crippen LogP contribution in [-0.4, -0.2) is 9.97 Å². The fourth-order valence-corrected chi connectivity index (χ4v) is 2.00. The molecule has 0 spiro atoms. The first-order chi connectivity index (χ1) is 8.19. The van der Waals surface area contributed by atoms with Gasteiger partial charge in [0.05, 0.1) is 4.47 Å². The lowest BCUT2D eigenvalue weighted by Crippen LogP contribution is -1.93. The van der Waals surface area contributed by atoms with Crippen molar-refractivity contribution in [3.8, 4) is 11.6 Å². The van der Waals surface area contributed by atoms with Crippen LogP contribution in [0.2, 0.25) is 0 Å². The number of hydrogen-bond acceptors (Lipinski definition) is 3. The van der Waals surface area contributed by atoms with Gasteiger partial charge in [0.15, 0.2) is 0 Å². The monoisotopic (exact) mass is 292 g/mol. The summed E-state index contributed by atoms with van der Waals surface area (Å²) in [5, 5.41) is 0. The van der Waals surface area contributed by atoms with Gasteiger partial charge in [-0.2, -0.15) is 0 Å². The van der Waals surface area contributed by atoms with Gasteiger partial charge in [0.2, 0.25) is 5.88 Å². The normalized spacial score (nSPS) is 10.3. The van der Waals surface area contributed by atoms with Crippen molar-refractivity contribution < 1.29 is 4.74 Å². The maximum atomic E-state index is 5.71. The smallest absolute Gasteiger partial charge is 0.222 e. The van der Waals surface area contributed by atoms with Crippen molar-refractivity contribution >= 4 is 15.9 Å². The predicted octanol–water partition coefficient (Wildman–Crippen LogP) is 3.90. The Labute approximate surface area is 109 Å². The number of halogens is 1. The van der Waals surface area contributed by atoms with E-state index in [1.54, 1.807) is 0 Å². The minimum absolute atomic E-state index is 0.571. The standard InChI is InChI=1S/C13H13BrN2O/c1-3-10-7-13(16-8-15-10)17-12-5-4-9(2)6-11(12)14/h4-8H,3H2,1-2H3. The molecule has 1 heterocycles. The summed E-state index contributed by atoms with van der Waals surface area (Å²) in [4.78, 5) is 8.23. The van der Waals surface area contributed by atoms with Crippen LogP contribution in [0.4, 0.5) is 0 Å². The molecule has 0 aliphatic heterocycles.